The molecule has 1 atom stereocenters. The van der Waals surface area contributed by atoms with Gasteiger partial charge in [0.05, 0.1) is 30.6 Å². The van der Waals surface area contributed by atoms with Crippen LogP contribution in [0.25, 0.3) is 11.3 Å². The monoisotopic (exact) mass is 365 g/mol. The Labute approximate surface area is 156 Å². The van der Waals surface area contributed by atoms with Gasteiger partial charge in [0.1, 0.15) is 11.9 Å². The van der Waals surface area contributed by atoms with Crippen molar-refractivity contribution in [2.24, 2.45) is 0 Å². The Balaban J connectivity index is 1.56. The lowest BCUT2D eigenvalue weighted by atomic mass is 10.0. The van der Waals surface area contributed by atoms with Gasteiger partial charge < -0.3 is 9.64 Å². The van der Waals surface area contributed by atoms with E-state index in [2.05, 4.69) is 10.2 Å². The highest BCUT2D eigenvalue weighted by Crippen LogP contribution is 2.27. The summed E-state index contributed by atoms with van der Waals surface area (Å²) in [6, 6.07) is 14.2. The number of carbonyl (C=O) groups excluding carboxylic acids is 1. The van der Waals surface area contributed by atoms with Crippen molar-refractivity contribution in [1.82, 2.24) is 15.1 Å². The summed E-state index contributed by atoms with van der Waals surface area (Å²) in [6.45, 7) is 3.37. The zero-order chi connectivity index (χ0) is 18.8. The Morgan fingerprint density at radius 3 is 2.85 bits per heavy atom. The molecule has 2 heterocycles. The Hall–Kier alpha value is -2.99. The summed E-state index contributed by atoms with van der Waals surface area (Å²) >= 11 is 0. The van der Waals surface area contributed by atoms with Crippen LogP contribution in [0.4, 0.5) is 4.39 Å². The summed E-state index contributed by atoms with van der Waals surface area (Å²) < 4.78 is 19.0. The molecule has 1 aliphatic heterocycles. The molecular formula is C21H20FN3O2. The second-order valence-electron chi connectivity index (χ2n) is 6.69. The number of ether oxygens (including phenoxy) is 1. The highest BCUT2D eigenvalue weighted by Gasteiger charge is 2.28. The number of H-pyrrole nitrogens is 1. The molecule has 0 radical (unpaired) electrons. The lowest BCUT2D eigenvalue weighted by Gasteiger charge is -2.33. The van der Waals surface area contributed by atoms with Gasteiger partial charge in [0.25, 0.3) is 5.91 Å². The third kappa shape index (κ3) is 3.61. The molecule has 1 fully saturated rings. The lowest BCUT2D eigenvalue weighted by molar-refractivity contribution is -0.0228. The number of benzene rings is 2. The Morgan fingerprint density at radius 2 is 2.07 bits per heavy atom. The number of nitrogens with zero attached hydrogens (tertiary/aromatic N) is 2. The largest absolute Gasteiger partial charge is 0.370 e. The van der Waals surface area contributed by atoms with Gasteiger partial charge in [0.15, 0.2) is 0 Å². The number of nitrogens with one attached hydrogen (secondary N) is 1. The molecule has 1 aliphatic rings. The molecule has 0 unspecified atom stereocenters. The molecule has 0 bridgehead atoms. The summed E-state index contributed by atoms with van der Waals surface area (Å²) in [5.41, 5.74) is 4.16. The summed E-state index contributed by atoms with van der Waals surface area (Å²) in [5, 5.41) is 7.03. The fraction of sp³-hybridized carbons (Fsp3) is 0.238. The number of aromatic nitrogens is 2. The first-order valence-corrected chi connectivity index (χ1v) is 8.88. The van der Waals surface area contributed by atoms with Crippen LogP contribution in [0.5, 0.6) is 0 Å². The number of amides is 1. The first-order valence-electron chi connectivity index (χ1n) is 8.88. The van der Waals surface area contributed by atoms with Gasteiger partial charge in [-0.05, 0) is 30.7 Å². The van der Waals surface area contributed by atoms with E-state index in [1.807, 2.05) is 31.2 Å². The molecule has 5 nitrogen and oxygen atoms in total. The number of morpholine rings is 1. The molecule has 1 N–H and O–H groups in total. The summed E-state index contributed by atoms with van der Waals surface area (Å²) in [6.07, 6.45) is 1.31. The molecule has 0 spiro atoms. The number of rotatable bonds is 3. The predicted octanol–water partition coefficient (Wildman–Crippen LogP) is 3.74. The quantitative estimate of drug-likeness (QED) is 0.769. The molecule has 1 saturated heterocycles. The highest BCUT2D eigenvalue weighted by molar-refractivity contribution is 5.99. The van der Waals surface area contributed by atoms with Crippen molar-refractivity contribution in [2.45, 2.75) is 13.0 Å². The number of halogens is 1. The third-order valence-corrected chi connectivity index (χ3v) is 4.77. The average Bonchev–Trinajstić information content (AvgIpc) is 3.18. The van der Waals surface area contributed by atoms with Crippen molar-refractivity contribution in [1.29, 1.82) is 0 Å². The minimum absolute atomic E-state index is 0.0873. The zero-order valence-electron chi connectivity index (χ0n) is 15.0. The first kappa shape index (κ1) is 17.4. The first-order chi connectivity index (χ1) is 13.1. The normalized spacial score (nSPS) is 17.1. The fourth-order valence-electron chi connectivity index (χ4n) is 3.35. The second kappa shape index (κ2) is 7.32. The second-order valence-corrected chi connectivity index (χ2v) is 6.69. The highest BCUT2D eigenvalue weighted by atomic mass is 19.1. The minimum atomic E-state index is -0.288. The standard InChI is InChI=1S/C21H20FN3O2/c1-14-3-2-4-16(11-14)20-18(12-23-24-20)21(26)25-9-10-27-19(13-25)15-5-7-17(22)8-6-15/h2-8,11-12,19H,9-10,13H2,1H3,(H,23,24)/t19-/m0/s1. The predicted molar refractivity (Wildman–Crippen MR) is 99.8 cm³/mol. The molecule has 0 saturated carbocycles. The number of hydrogen-bond acceptors (Lipinski definition) is 3. The van der Waals surface area contributed by atoms with Gasteiger partial charge in [0, 0.05) is 12.1 Å². The maximum Gasteiger partial charge on any atom is 0.257 e. The van der Waals surface area contributed by atoms with E-state index in [1.54, 1.807) is 23.2 Å². The molecule has 2 aromatic carbocycles. The topological polar surface area (TPSA) is 58.2 Å². The minimum Gasteiger partial charge on any atom is -0.370 e. The van der Waals surface area contributed by atoms with Crippen molar-refractivity contribution in [3.63, 3.8) is 0 Å². The van der Waals surface area contributed by atoms with E-state index in [4.69, 9.17) is 4.74 Å². The van der Waals surface area contributed by atoms with Gasteiger partial charge in [-0.25, -0.2) is 4.39 Å². The molecule has 0 aliphatic carbocycles. The average molecular weight is 365 g/mol. The summed E-state index contributed by atoms with van der Waals surface area (Å²) in [4.78, 5) is 14.9. The van der Waals surface area contributed by atoms with Gasteiger partial charge in [-0.2, -0.15) is 5.10 Å². The molecule has 27 heavy (non-hydrogen) atoms. The van der Waals surface area contributed by atoms with Gasteiger partial charge in [0.2, 0.25) is 0 Å². The van der Waals surface area contributed by atoms with E-state index in [0.29, 0.717) is 31.0 Å². The number of carbonyl (C=O) groups is 1. The van der Waals surface area contributed by atoms with E-state index < -0.39 is 0 Å². The van der Waals surface area contributed by atoms with Crippen molar-refractivity contribution < 1.29 is 13.9 Å². The Bertz CT molecular complexity index is 952. The van der Waals surface area contributed by atoms with Crippen molar-refractivity contribution in [3.05, 3.63) is 77.2 Å². The van der Waals surface area contributed by atoms with Crippen LogP contribution in [0.3, 0.4) is 0 Å². The van der Waals surface area contributed by atoms with Gasteiger partial charge in [-0.1, -0.05) is 35.9 Å². The van der Waals surface area contributed by atoms with Crippen LogP contribution >= 0.6 is 0 Å². The molecule has 138 valence electrons. The molecule has 6 heteroatoms. The number of aryl methyl sites for hydroxylation is 1. The van der Waals surface area contributed by atoms with E-state index in [1.165, 1.54) is 12.1 Å². The fourth-order valence-corrected chi connectivity index (χ4v) is 3.35. The van der Waals surface area contributed by atoms with E-state index in [-0.39, 0.29) is 17.8 Å². The van der Waals surface area contributed by atoms with Crippen LogP contribution in [-0.4, -0.2) is 40.7 Å². The van der Waals surface area contributed by atoms with Crippen LogP contribution in [0.15, 0.2) is 54.7 Å². The van der Waals surface area contributed by atoms with Crippen molar-refractivity contribution >= 4 is 5.91 Å². The van der Waals surface area contributed by atoms with Crippen LogP contribution < -0.4 is 0 Å². The van der Waals surface area contributed by atoms with Crippen molar-refractivity contribution in [2.75, 3.05) is 19.7 Å². The maximum atomic E-state index is 13.2. The summed E-state index contributed by atoms with van der Waals surface area (Å²) in [5.74, 6) is -0.376. The smallest absolute Gasteiger partial charge is 0.257 e. The molecular weight excluding hydrogens is 345 g/mol. The molecule has 1 amide bonds. The third-order valence-electron chi connectivity index (χ3n) is 4.77. The van der Waals surface area contributed by atoms with Crippen molar-refractivity contribution in [3.8, 4) is 11.3 Å². The molecule has 1 aromatic heterocycles. The van der Waals surface area contributed by atoms with Crippen LogP contribution in [0, 0.1) is 12.7 Å². The van der Waals surface area contributed by atoms with Gasteiger partial charge in [-0.15, -0.1) is 0 Å². The van der Waals surface area contributed by atoms with Crippen LogP contribution in [-0.2, 0) is 4.74 Å². The van der Waals surface area contributed by atoms with Crippen LogP contribution in [0.2, 0.25) is 0 Å². The van der Waals surface area contributed by atoms with E-state index >= 15 is 0 Å². The SMILES string of the molecule is Cc1cccc(-c2[nH]ncc2C(=O)N2CCO[C@H](c3ccc(F)cc3)C2)c1. The number of aromatic amines is 1. The van der Waals surface area contributed by atoms with Crippen LogP contribution in [0.1, 0.15) is 27.6 Å². The zero-order valence-corrected chi connectivity index (χ0v) is 15.0. The van der Waals surface area contributed by atoms with Gasteiger partial charge >= 0.3 is 0 Å². The van der Waals surface area contributed by atoms with E-state index in [9.17, 15) is 9.18 Å². The molecule has 3 aromatic rings. The molecule has 4 rings (SSSR count). The number of hydrogen-bond donors (Lipinski definition) is 1. The Kier molecular flexibility index (Phi) is 4.73. The van der Waals surface area contributed by atoms with E-state index in [0.717, 1.165) is 16.7 Å². The Morgan fingerprint density at radius 1 is 1.26 bits per heavy atom. The van der Waals surface area contributed by atoms with Gasteiger partial charge in [-0.3, -0.25) is 9.89 Å². The lowest BCUT2D eigenvalue weighted by Crippen LogP contribution is -2.42. The summed E-state index contributed by atoms with van der Waals surface area (Å²) in [7, 11) is 0. The maximum absolute atomic E-state index is 13.2.